The normalized spacial score (nSPS) is 14.1. The van der Waals surface area contributed by atoms with E-state index in [0.717, 1.165) is 16.1 Å². The van der Waals surface area contributed by atoms with E-state index < -0.39 is 17.3 Å². The number of thiazole rings is 1. The molecule has 1 aliphatic rings. The van der Waals surface area contributed by atoms with Gasteiger partial charge in [-0.25, -0.2) is 14.6 Å². The van der Waals surface area contributed by atoms with Crippen LogP contribution in [0.4, 0.5) is 15.3 Å². The van der Waals surface area contributed by atoms with Crippen LogP contribution in [0.1, 0.15) is 68.2 Å². The predicted molar refractivity (Wildman–Crippen MR) is 140 cm³/mol. The second kappa shape index (κ2) is 11.1. The van der Waals surface area contributed by atoms with Crippen LogP contribution in [-0.4, -0.2) is 52.3 Å². The minimum atomic E-state index is -0.553. The number of benzene rings is 1. The number of anilines is 1. The van der Waals surface area contributed by atoms with Crippen molar-refractivity contribution in [1.82, 2.24) is 15.2 Å². The van der Waals surface area contributed by atoms with E-state index in [4.69, 9.17) is 9.47 Å². The maximum atomic E-state index is 12.7. The highest BCUT2D eigenvalue weighted by atomic mass is 32.1. The van der Waals surface area contributed by atoms with E-state index in [-0.39, 0.29) is 12.0 Å². The van der Waals surface area contributed by atoms with Crippen molar-refractivity contribution in [3.05, 3.63) is 52.0 Å². The number of aromatic nitrogens is 1. The summed E-state index contributed by atoms with van der Waals surface area (Å²) in [5.74, 6) is -0.245. The lowest BCUT2D eigenvalue weighted by Crippen LogP contribution is -2.39. The second-order valence-electron chi connectivity index (χ2n) is 10.4. The van der Waals surface area contributed by atoms with E-state index in [1.165, 1.54) is 11.3 Å². The molecule has 3 amide bonds. The van der Waals surface area contributed by atoms with Gasteiger partial charge in [0.2, 0.25) is 0 Å². The van der Waals surface area contributed by atoms with Gasteiger partial charge in [0.15, 0.2) is 0 Å². The Morgan fingerprint density at radius 1 is 1.03 bits per heavy atom. The number of hydrogen-bond acceptors (Lipinski definition) is 7. The molecule has 0 radical (unpaired) electrons. The van der Waals surface area contributed by atoms with Gasteiger partial charge in [0.1, 0.15) is 21.1 Å². The van der Waals surface area contributed by atoms with Crippen LogP contribution in [0.3, 0.4) is 0 Å². The fourth-order valence-corrected chi connectivity index (χ4v) is 4.15. The van der Waals surface area contributed by atoms with Crippen LogP contribution in [0.5, 0.6) is 0 Å². The van der Waals surface area contributed by atoms with Crippen molar-refractivity contribution >= 4 is 40.7 Å². The summed E-state index contributed by atoms with van der Waals surface area (Å²) in [6.45, 7) is 12.3. The molecule has 0 spiro atoms. The topological polar surface area (TPSA) is 110 Å². The van der Waals surface area contributed by atoms with E-state index in [0.29, 0.717) is 36.6 Å². The van der Waals surface area contributed by atoms with Crippen molar-refractivity contribution in [2.75, 3.05) is 18.4 Å². The molecule has 0 aliphatic carbocycles. The molecule has 10 heteroatoms. The predicted octanol–water partition coefficient (Wildman–Crippen LogP) is 5.44. The standard InChI is InChI=1S/C26H34N4O5S/c1-25(2,3)34-23(32)28-15-17-7-9-19(10-8-17)29-21(31)20-16-27-22(36-20)18-11-13-30(14-12-18)24(33)35-26(4,5)6/h7-11,16H,12-15H2,1-6H3,(H,28,32)(H,29,31). The molecule has 0 atom stereocenters. The van der Waals surface area contributed by atoms with Crippen LogP contribution < -0.4 is 10.6 Å². The minimum absolute atomic E-state index is 0.245. The van der Waals surface area contributed by atoms with Crippen molar-refractivity contribution in [2.45, 2.75) is 65.7 Å². The molecular formula is C26H34N4O5S. The first-order valence-corrected chi connectivity index (χ1v) is 12.6. The molecule has 194 valence electrons. The summed E-state index contributed by atoms with van der Waals surface area (Å²) in [4.78, 5) is 43.3. The van der Waals surface area contributed by atoms with Gasteiger partial charge in [0.05, 0.1) is 6.20 Å². The van der Waals surface area contributed by atoms with Crippen molar-refractivity contribution in [3.8, 4) is 0 Å². The monoisotopic (exact) mass is 514 g/mol. The van der Waals surface area contributed by atoms with Gasteiger partial charge in [0, 0.05) is 25.3 Å². The van der Waals surface area contributed by atoms with E-state index in [2.05, 4.69) is 15.6 Å². The number of carbonyl (C=O) groups is 3. The molecule has 2 N–H and O–H groups in total. The maximum Gasteiger partial charge on any atom is 0.410 e. The lowest BCUT2D eigenvalue weighted by molar-refractivity contribution is 0.0270. The van der Waals surface area contributed by atoms with Crippen molar-refractivity contribution in [3.63, 3.8) is 0 Å². The SMILES string of the molecule is CC(C)(C)OC(=O)NCc1ccc(NC(=O)c2cnc(C3=CCN(C(=O)OC(C)(C)C)CC3)s2)cc1. The summed E-state index contributed by atoms with van der Waals surface area (Å²) in [6, 6.07) is 7.21. The molecule has 0 saturated carbocycles. The third kappa shape index (κ3) is 8.37. The van der Waals surface area contributed by atoms with Crippen LogP contribution in [0.2, 0.25) is 0 Å². The summed E-state index contributed by atoms with van der Waals surface area (Å²) < 4.78 is 10.7. The highest BCUT2D eigenvalue weighted by Crippen LogP contribution is 2.27. The van der Waals surface area contributed by atoms with Crippen molar-refractivity contribution < 1.29 is 23.9 Å². The highest BCUT2D eigenvalue weighted by Gasteiger charge is 2.25. The Bertz CT molecular complexity index is 1130. The average molecular weight is 515 g/mol. The largest absolute Gasteiger partial charge is 0.444 e. The molecule has 2 aromatic rings. The first kappa shape index (κ1) is 27.2. The van der Waals surface area contributed by atoms with Gasteiger partial charge in [-0.15, -0.1) is 11.3 Å². The second-order valence-corrected chi connectivity index (χ2v) is 11.5. The molecule has 3 rings (SSSR count). The zero-order valence-electron chi connectivity index (χ0n) is 21.6. The van der Waals surface area contributed by atoms with Gasteiger partial charge < -0.3 is 25.0 Å². The molecular weight excluding hydrogens is 480 g/mol. The molecule has 0 bridgehead atoms. The Morgan fingerprint density at radius 3 is 2.28 bits per heavy atom. The number of carbonyl (C=O) groups excluding carboxylic acids is 3. The van der Waals surface area contributed by atoms with E-state index in [9.17, 15) is 14.4 Å². The van der Waals surface area contributed by atoms with Gasteiger partial charge >= 0.3 is 12.2 Å². The molecule has 0 saturated heterocycles. The molecule has 9 nitrogen and oxygen atoms in total. The van der Waals surface area contributed by atoms with Gasteiger partial charge in [-0.05, 0) is 71.2 Å². The Kier molecular flexibility index (Phi) is 8.39. The lowest BCUT2D eigenvalue weighted by atomic mass is 10.1. The molecule has 1 aromatic heterocycles. The summed E-state index contributed by atoms with van der Waals surface area (Å²) in [5, 5.41) is 6.35. The van der Waals surface area contributed by atoms with E-state index in [1.54, 1.807) is 23.2 Å². The summed E-state index contributed by atoms with van der Waals surface area (Å²) in [7, 11) is 0. The van der Waals surface area contributed by atoms with E-state index in [1.807, 2.05) is 59.8 Å². The Labute approximate surface area is 215 Å². The minimum Gasteiger partial charge on any atom is -0.444 e. The van der Waals surface area contributed by atoms with Gasteiger partial charge in [-0.1, -0.05) is 18.2 Å². The number of rotatable bonds is 5. The number of ether oxygens (including phenoxy) is 2. The lowest BCUT2D eigenvalue weighted by Gasteiger charge is -2.29. The van der Waals surface area contributed by atoms with Crippen molar-refractivity contribution in [1.29, 1.82) is 0 Å². The van der Waals surface area contributed by atoms with Gasteiger partial charge in [0.25, 0.3) is 5.91 Å². The zero-order valence-corrected chi connectivity index (χ0v) is 22.5. The Hall–Kier alpha value is -3.40. The smallest absolute Gasteiger partial charge is 0.410 e. The Balaban J connectivity index is 1.52. The fraction of sp³-hybridized carbons (Fsp3) is 0.462. The number of amides is 3. The number of nitrogens with zero attached hydrogens (tertiary/aromatic N) is 2. The third-order valence-corrected chi connectivity index (χ3v) is 5.98. The number of alkyl carbamates (subject to hydrolysis) is 1. The molecule has 2 heterocycles. The first-order valence-electron chi connectivity index (χ1n) is 11.8. The molecule has 0 unspecified atom stereocenters. The van der Waals surface area contributed by atoms with E-state index >= 15 is 0 Å². The third-order valence-electron chi connectivity index (χ3n) is 4.91. The van der Waals surface area contributed by atoms with Crippen LogP contribution >= 0.6 is 11.3 Å². The number of hydrogen-bond donors (Lipinski definition) is 2. The number of nitrogens with one attached hydrogen (secondary N) is 2. The Morgan fingerprint density at radius 2 is 1.69 bits per heavy atom. The van der Waals surface area contributed by atoms with Gasteiger partial charge in [-0.3, -0.25) is 4.79 Å². The maximum absolute atomic E-state index is 12.7. The first-order chi connectivity index (χ1) is 16.8. The van der Waals surface area contributed by atoms with Gasteiger partial charge in [-0.2, -0.15) is 0 Å². The fourth-order valence-electron chi connectivity index (χ4n) is 3.27. The van der Waals surface area contributed by atoms with Crippen LogP contribution in [0, 0.1) is 0 Å². The van der Waals surface area contributed by atoms with Crippen LogP contribution in [0.15, 0.2) is 36.5 Å². The van der Waals surface area contributed by atoms with Crippen LogP contribution in [-0.2, 0) is 16.0 Å². The average Bonchev–Trinajstić information content (AvgIpc) is 3.27. The molecule has 1 aromatic carbocycles. The summed E-state index contributed by atoms with van der Waals surface area (Å²) >= 11 is 1.32. The molecule has 0 fully saturated rings. The van der Waals surface area contributed by atoms with Crippen molar-refractivity contribution in [2.24, 2.45) is 0 Å². The highest BCUT2D eigenvalue weighted by molar-refractivity contribution is 7.14. The molecule has 1 aliphatic heterocycles. The molecule has 36 heavy (non-hydrogen) atoms. The summed E-state index contributed by atoms with van der Waals surface area (Å²) in [5.41, 5.74) is 1.45. The van der Waals surface area contributed by atoms with Crippen LogP contribution in [0.25, 0.3) is 5.57 Å². The zero-order chi connectivity index (χ0) is 26.5. The quantitative estimate of drug-likeness (QED) is 0.549. The summed E-state index contributed by atoms with van der Waals surface area (Å²) in [6.07, 6.45) is 3.36.